The molecule has 0 amide bonds. The van der Waals surface area contributed by atoms with Crippen molar-refractivity contribution < 1.29 is 36.9 Å². The summed E-state index contributed by atoms with van der Waals surface area (Å²) >= 11 is 0. The Balaban J connectivity index is 0.00000385. The van der Waals surface area contributed by atoms with Crippen LogP contribution in [0.5, 0.6) is 17.2 Å². The van der Waals surface area contributed by atoms with Crippen LogP contribution in [-0.4, -0.2) is 47.2 Å². The summed E-state index contributed by atoms with van der Waals surface area (Å²) in [5, 5.41) is 8.85. The van der Waals surface area contributed by atoms with Crippen LogP contribution in [0.4, 0.5) is 17.6 Å². The first-order chi connectivity index (χ1) is 15.2. The molecule has 3 aromatic rings. The molecule has 0 saturated heterocycles. The molecule has 0 unspecified atom stereocenters. The number of carboxylic acids is 1. The number of carboxylic acid groups (broad SMARTS) is 1. The van der Waals surface area contributed by atoms with E-state index < -0.39 is 29.9 Å². The van der Waals surface area contributed by atoms with Gasteiger partial charge in [-0.3, -0.25) is 4.79 Å². The van der Waals surface area contributed by atoms with Crippen LogP contribution in [0.25, 0.3) is 6.08 Å². The molecule has 168 valence electrons. The number of alkyl halides is 3. The summed E-state index contributed by atoms with van der Waals surface area (Å²) in [6.45, 7) is 0.170. The molecule has 0 bridgehead atoms. The molecule has 0 radical (unpaired) electrons. The molecule has 0 spiro atoms. The summed E-state index contributed by atoms with van der Waals surface area (Å²) in [6, 6.07) is 15.3. The second kappa shape index (κ2) is 11.9. The summed E-state index contributed by atoms with van der Waals surface area (Å²) in [5.74, 6) is -0.617. The maximum atomic E-state index is 13.7. The monoisotopic (exact) mass is 470 g/mol. The zero-order valence-electron chi connectivity index (χ0n) is 16.6. The molecule has 0 aliphatic rings. The van der Waals surface area contributed by atoms with Crippen molar-refractivity contribution >= 4 is 41.6 Å². The van der Waals surface area contributed by atoms with Crippen molar-refractivity contribution in [2.24, 2.45) is 0 Å². The second-order valence-electron chi connectivity index (χ2n) is 6.73. The van der Waals surface area contributed by atoms with Crippen LogP contribution in [0.15, 0.2) is 72.8 Å². The van der Waals surface area contributed by atoms with E-state index >= 15 is 0 Å². The number of rotatable bonds is 8. The average Bonchev–Trinajstić information content (AvgIpc) is 2.73. The van der Waals surface area contributed by atoms with Gasteiger partial charge in [-0.15, -0.1) is 0 Å². The Labute approximate surface area is 209 Å². The molecule has 4 nitrogen and oxygen atoms in total. The molecule has 3 aromatic carbocycles. The SMILES string of the molecule is O=C(O)Cc1cc(Oc2cccc(OC/C=C/c3ccc(C(F)(F)F)cc3)c2)ccc1F.[NaH]. The fourth-order valence-electron chi connectivity index (χ4n) is 2.79. The number of carbonyl (C=O) groups is 1. The van der Waals surface area contributed by atoms with Crippen molar-refractivity contribution in [3.05, 3.63) is 95.3 Å². The average molecular weight is 470 g/mol. The summed E-state index contributed by atoms with van der Waals surface area (Å²) in [6.07, 6.45) is -1.53. The zero-order valence-corrected chi connectivity index (χ0v) is 16.6. The van der Waals surface area contributed by atoms with Crippen LogP contribution in [0.2, 0.25) is 0 Å². The minimum atomic E-state index is -4.37. The van der Waals surface area contributed by atoms with E-state index in [9.17, 15) is 22.4 Å². The molecule has 9 heteroatoms. The summed E-state index contributed by atoms with van der Waals surface area (Å²) in [5.41, 5.74) is -0.0954. The van der Waals surface area contributed by atoms with Gasteiger partial charge in [0.25, 0.3) is 0 Å². The van der Waals surface area contributed by atoms with Crippen LogP contribution in [-0.2, 0) is 17.4 Å². The molecule has 0 aliphatic heterocycles. The van der Waals surface area contributed by atoms with E-state index in [1.165, 1.54) is 24.3 Å². The molecule has 0 heterocycles. The fourth-order valence-corrected chi connectivity index (χ4v) is 2.79. The third-order valence-electron chi connectivity index (χ3n) is 4.29. The van der Waals surface area contributed by atoms with Gasteiger partial charge in [0.05, 0.1) is 12.0 Å². The van der Waals surface area contributed by atoms with Crippen molar-refractivity contribution in [2.45, 2.75) is 12.6 Å². The van der Waals surface area contributed by atoms with Crippen molar-refractivity contribution in [1.82, 2.24) is 0 Å². The van der Waals surface area contributed by atoms with Gasteiger partial charge in [0.1, 0.15) is 29.7 Å². The molecule has 0 aliphatic carbocycles. The predicted molar refractivity (Wildman–Crippen MR) is 117 cm³/mol. The van der Waals surface area contributed by atoms with E-state index in [1.807, 2.05) is 0 Å². The predicted octanol–water partition coefficient (Wildman–Crippen LogP) is 5.71. The quantitative estimate of drug-likeness (QED) is 0.339. The topological polar surface area (TPSA) is 55.8 Å². The Morgan fingerprint density at radius 2 is 1.61 bits per heavy atom. The normalized spacial score (nSPS) is 11.2. The van der Waals surface area contributed by atoms with Gasteiger partial charge in [-0.1, -0.05) is 24.3 Å². The van der Waals surface area contributed by atoms with Gasteiger partial charge in [-0.05, 0) is 54.1 Å². The Bertz CT molecular complexity index is 1110. The van der Waals surface area contributed by atoms with Gasteiger partial charge in [0.2, 0.25) is 0 Å². The Kier molecular flexibility index (Phi) is 9.52. The van der Waals surface area contributed by atoms with Gasteiger partial charge in [-0.25, -0.2) is 4.39 Å². The molecule has 0 fully saturated rings. The maximum absolute atomic E-state index is 13.7. The van der Waals surface area contributed by atoms with Gasteiger partial charge < -0.3 is 14.6 Å². The van der Waals surface area contributed by atoms with Gasteiger partial charge >= 0.3 is 41.7 Å². The van der Waals surface area contributed by atoms with Crippen LogP contribution >= 0.6 is 0 Å². The minimum absolute atomic E-state index is 0. The van der Waals surface area contributed by atoms with E-state index in [0.717, 1.165) is 18.2 Å². The first-order valence-electron chi connectivity index (χ1n) is 9.45. The number of benzene rings is 3. The second-order valence-corrected chi connectivity index (χ2v) is 6.73. The van der Waals surface area contributed by atoms with E-state index in [4.69, 9.17) is 14.6 Å². The Morgan fingerprint density at radius 1 is 0.939 bits per heavy atom. The number of hydrogen-bond acceptors (Lipinski definition) is 3. The number of hydrogen-bond donors (Lipinski definition) is 1. The summed E-state index contributed by atoms with van der Waals surface area (Å²) < 4.78 is 62.7. The summed E-state index contributed by atoms with van der Waals surface area (Å²) in [4.78, 5) is 10.8. The molecule has 3 rings (SSSR count). The van der Waals surface area contributed by atoms with Gasteiger partial charge in [-0.2, -0.15) is 13.2 Å². The van der Waals surface area contributed by atoms with Gasteiger partial charge in [0, 0.05) is 11.6 Å². The van der Waals surface area contributed by atoms with E-state index in [1.54, 1.807) is 36.4 Å². The zero-order chi connectivity index (χ0) is 23.1. The third-order valence-corrected chi connectivity index (χ3v) is 4.29. The Morgan fingerprint density at radius 3 is 2.27 bits per heavy atom. The molecule has 1 N–H and O–H groups in total. The number of aliphatic carboxylic acids is 1. The van der Waals surface area contributed by atoms with E-state index in [0.29, 0.717) is 17.1 Å². The molecule has 0 atom stereocenters. The van der Waals surface area contributed by atoms with Crippen LogP contribution in [0, 0.1) is 5.82 Å². The van der Waals surface area contributed by atoms with E-state index in [2.05, 4.69) is 0 Å². The van der Waals surface area contributed by atoms with Crippen LogP contribution < -0.4 is 9.47 Å². The van der Waals surface area contributed by atoms with Crippen molar-refractivity contribution in [3.8, 4) is 17.2 Å². The van der Waals surface area contributed by atoms with Crippen molar-refractivity contribution in [1.29, 1.82) is 0 Å². The van der Waals surface area contributed by atoms with Crippen LogP contribution in [0.1, 0.15) is 16.7 Å². The molecule has 33 heavy (non-hydrogen) atoms. The number of ether oxygens (including phenoxy) is 2. The van der Waals surface area contributed by atoms with E-state index in [-0.39, 0.29) is 47.5 Å². The summed E-state index contributed by atoms with van der Waals surface area (Å²) in [7, 11) is 0. The van der Waals surface area contributed by atoms with Gasteiger partial charge in [0.15, 0.2) is 0 Å². The first-order valence-corrected chi connectivity index (χ1v) is 9.45. The molecular formula is C24H19F4NaO4. The standard InChI is InChI=1S/C24H18F4O4.Na.H/c25-22-11-10-21(13-17(22)14-23(29)30)32-20-5-1-4-19(15-20)31-12-2-3-16-6-8-18(9-7-16)24(26,27)28;;/h1-11,13,15H,12,14H2,(H,29,30);;/b3-2+;;. The Hall–Kier alpha value is -2.81. The van der Waals surface area contributed by atoms with Crippen LogP contribution in [0.3, 0.4) is 0 Å². The molecule has 0 saturated carbocycles. The van der Waals surface area contributed by atoms with Crippen molar-refractivity contribution in [3.63, 3.8) is 0 Å². The third kappa shape index (κ3) is 8.24. The first kappa shape index (κ1) is 26.4. The molecule has 0 aromatic heterocycles. The van der Waals surface area contributed by atoms with Crippen molar-refractivity contribution in [2.75, 3.05) is 6.61 Å². The fraction of sp³-hybridized carbons (Fsp3) is 0.125. The molecular weight excluding hydrogens is 451 g/mol. The number of halogens is 4.